The number of carbonyl (C=O) groups excluding carboxylic acids is 1. The molecule has 0 saturated carbocycles. The Morgan fingerprint density at radius 2 is 2.00 bits per heavy atom. The monoisotopic (exact) mass is 187 g/mol. The van der Waals surface area contributed by atoms with Crippen molar-refractivity contribution in [2.75, 3.05) is 4.90 Å². The normalized spacial score (nSPS) is 10.8. The first kappa shape index (κ1) is 10.3. The molecule has 72 valence electrons. The highest BCUT2D eigenvalue weighted by molar-refractivity contribution is 5.77. The first-order valence-corrected chi connectivity index (χ1v) is 4.37. The Balaban J connectivity index is 2.94. The lowest BCUT2D eigenvalue weighted by Gasteiger charge is -2.12. The number of allylic oxidation sites excluding steroid dienone is 2. The quantitative estimate of drug-likeness (QED) is 0.524. The maximum Gasteiger partial charge on any atom is 0.218 e. The van der Waals surface area contributed by atoms with E-state index in [0.29, 0.717) is 0 Å². The maximum absolute atomic E-state index is 10.8. The fourth-order valence-electron chi connectivity index (χ4n) is 1.04. The summed E-state index contributed by atoms with van der Waals surface area (Å²) in [5.41, 5.74) is 1.80. The van der Waals surface area contributed by atoms with Crippen LogP contribution in [0.3, 0.4) is 0 Å². The molecule has 0 unspecified atom stereocenters. The maximum atomic E-state index is 10.8. The zero-order valence-electron chi connectivity index (χ0n) is 8.18. The Morgan fingerprint density at radius 3 is 2.50 bits per heavy atom. The number of rotatable bonds is 4. The first-order valence-electron chi connectivity index (χ1n) is 4.37. The van der Waals surface area contributed by atoms with Crippen LogP contribution in [0.5, 0.6) is 0 Å². The third-order valence-corrected chi connectivity index (χ3v) is 1.83. The molecular weight excluding hydrogens is 174 g/mol. The van der Waals surface area contributed by atoms with Gasteiger partial charge in [0.15, 0.2) is 0 Å². The number of carbonyl (C=O) groups is 1. The number of hydrogen-bond acceptors (Lipinski definition) is 1. The fraction of sp³-hybridized carbons (Fsp3) is 0.0833. The summed E-state index contributed by atoms with van der Waals surface area (Å²) in [6.45, 7) is 5.53. The number of anilines is 1. The fourth-order valence-corrected chi connectivity index (χ4v) is 1.04. The third-order valence-electron chi connectivity index (χ3n) is 1.83. The Labute approximate surface area is 84.2 Å². The number of benzene rings is 1. The van der Waals surface area contributed by atoms with Crippen molar-refractivity contribution in [3.8, 4) is 0 Å². The topological polar surface area (TPSA) is 20.3 Å². The highest BCUT2D eigenvalue weighted by atomic mass is 16.1. The number of nitrogens with zero attached hydrogens (tertiary/aromatic N) is 1. The molecule has 1 aromatic carbocycles. The average molecular weight is 187 g/mol. The van der Waals surface area contributed by atoms with Crippen molar-refractivity contribution >= 4 is 12.1 Å². The summed E-state index contributed by atoms with van der Waals surface area (Å²) in [4.78, 5) is 12.3. The lowest BCUT2D eigenvalue weighted by molar-refractivity contribution is -0.106. The van der Waals surface area contributed by atoms with Gasteiger partial charge < -0.3 is 0 Å². The van der Waals surface area contributed by atoms with Gasteiger partial charge in [0.25, 0.3) is 0 Å². The summed E-state index contributed by atoms with van der Waals surface area (Å²) >= 11 is 0. The van der Waals surface area contributed by atoms with E-state index < -0.39 is 0 Å². The van der Waals surface area contributed by atoms with Crippen molar-refractivity contribution in [3.05, 3.63) is 54.8 Å². The van der Waals surface area contributed by atoms with Crippen LogP contribution in [0.25, 0.3) is 0 Å². The Hall–Kier alpha value is -1.83. The van der Waals surface area contributed by atoms with Crippen molar-refractivity contribution in [2.45, 2.75) is 6.92 Å². The predicted octanol–water partition coefficient (Wildman–Crippen LogP) is 2.74. The summed E-state index contributed by atoms with van der Waals surface area (Å²) in [6.07, 6.45) is 4.23. The molecule has 0 heterocycles. The van der Waals surface area contributed by atoms with Crippen molar-refractivity contribution in [1.82, 2.24) is 0 Å². The van der Waals surface area contributed by atoms with Crippen LogP contribution in [0.1, 0.15) is 6.92 Å². The lowest BCUT2D eigenvalue weighted by Crippen LogP contribution is -2.13. The largest absolute Gasteiger partial charge is 0.290 e. The van der Waals surface area contributed by atoms with Gasteiger partial charge >= 0.3 is 0 Å². The minimum atomic E-state index is 0.780. The van der Waals surface area contributed by atoms with Gasteiger partial charge in [0.05, 0.1) is 0 Å². The number of hydrogen-bond donors (Lipinski definition) is 0. The van der Waals surface area contributed by atoms with Gasteiger partial charge in [-0.25, -0.2) is 0 Å². The molecule has 0 fully saturated rings. The zero-order chi connectivity index (χ0) is 10.4. The molecule has 0 spiro atoms. The smallest absolute Gasteiger partial charge is 0.218 e. The molecule has 14 heavy (non-hydrogen) atoms. The van der Waals surface area contributed by atoms with E-state index in [1.165, 1.54) is 4.90 Å². The summed E-state index contributed by atoms with van der Waals surface area (Å²) in [5.74, 6) is 0. The molecule has 1 rings (SSSR count). The number of amides is 1. The van der Waals surface area contributed by atoms with Crippen LogP contribution >= 0.6 is 0 Å². The Bertz CT molecular complexity index is 341. The second-order valence-electron chi connectivity index (χ2n) is 2.93. The molecule has 0 aliphatic rings. The third kappa shape index (κ3) is 2.59. The molecule has 0 atom stereocenters. The highest BCUT2D eigenvalue weighted by Crippen LogP contribution is 2.12. The van der Waals surface area contributed by atoms with Crippen LogP contribution in [-0.4, -0.2) is 6.41 Å². The second kappa shape index (κ2) is 5.02. The van der Waals surface area contributed by atoms with E-state index in [4.69, 9.17) is 0 Å². The Morgan fingerprint density at radius 1 is 1.36 bits per heavy atom. The minimum Gasteiger partial charge on any atom is -0.290 e. The van der Waals surface area contributed by atoms with Crippen molar-refractivity contribution in [3.63, 3.8) is 0 Å². The van der Waals surface area contributed by atoms with Crippen LogP contribution < -0.4 is 4.90 Å². The molecule has 0 saturated heterocycles. The summed E-state index contributed by atoms with van der Waals surface area (Å²) < 4.78 is 0. The van der Waals surface area contributed by atoms with Crippen molar-refractivity contribution in [1.29, 1.82) is 0 Å². The zero-order valence-corrected chi connectivity index (χ0v) is 8.18. The van der Waals surface area contributed by atoms with Gasteiger partial charge in [-0.2, -0.15) is 0 Å². The summed E-state index contributed by atoms with van der Waals surface area (Å²) in [6, 6.07) is 9.45. The van der Waals surface area contributed by atoms with Gasteiger partial charge in [0, 0.05) is 11.9 Å². The molecular formula is C12H13NO. The van der Waals surface area contributed by atoms with Gasteiger partial charge in [0.1, 0.15) is 0 Å². The van der Waals surface area contributed by atoms with Gasteiger partial charge in [-0.05, 0) is 24.6 Å². The SMILES string of the molecule is C=C/C(C)=C\N(C=O)c1ccccc1. The highest BCUT2D eigenvalue weighted by Gasteiger charge is 1.99. The minimum absolute atomic E-state index is 0.780. The number of para-hydroxylation sites is 1. The van der Waals surface area contributed by atoms with Gasteiger partial charge in [0.2, 0.25) is 6.41 Å². The van der Waals surface area contributed by atoms with Crippen LogP contribution in [0.15, 0.2) is 54.8 Å². The lowest BCUT2D eigenvalue weighted by atomic mass is 10.3. The summed E-state index contributed by atoms with van der Waals surface area (Å²) in [7, 11) is 0. The van der Waals surface area contributed by atoms with Crippen LogP contribution in [-0.2, 0) is 4.79 Å². The average Bonchev–Trinajstić information content (AvgIpc) is 2.26. The Kier molecular flexibility index (Phi) is 3.68. The van der Waals surface area contributed by atoms with E-state index in [1.807, 2.05) is 37.3 Å². The molecule has 1 aromatic rings. The summed E-state index contributed by atoms with van der Waals surface area (Å²) in [5, 5.41) is 0. The van der Waals surface area contributed by atoms with E-state index >= 15 is 0 Å². The van der Waals surface area contributed by atoms with Crippen LogP contribution in [0.2, 0.25) is 0 Å². The molecule has 0 radical (unpaired) electrons. The molecule has 2 heteroatoms. The van der Waals surface area contributed by atoms with Crippen molar-refractivity contribution < 1.29 is 4.79 Å². The van der Waals surface area contributed by atoms with E-state index in [2.05, 4.69) is 6.58 Å². The molecule has 0 N–H and O–H groups in total. The second-order valence-corrected chi connectivity index (χ2v) is 2.93. The molecule has 0 bridgehead atoms. The van der Waals surface area contributed by atoms with Crippen LogP contribution in [0, 0.1) is 0 Å². The van der Waals surface area contributed by atoms with Crippen molar-refractivity contribution in [2.24, 2.45) is 0 Å². The van der Waals surface area contributed by atoms with E-state index in [0.717, 1.165) is 17.7 Å². The first-order chi connectivity index (χ1) is 6.77. The molecule has 1 amide bonds. The molecule has 0 aliphatic carbocycles. The van der Waals surface area contributed by atoms with Gasteiger partial charge in [-0.1, -0.05) is 30.9 Å². The molecule has 0 aliphatic heterocycles. The predicted molar refractivity (Wildman–Crippen MR) is 58.9 cm³/mol. The van der Waals surface area contributed by atoms with Gasteiger partial charge in [-0.15, -0.1) is 0 Å². The van der Waals surface area contributed by atoms with Crippen LogP contribution in [0.4, 0.5) is 5.69 Å². The van der Waals surface area contributed by atoms with E-state index in [1.54, 1.807) is 12.3 Å². The van der Waals surface area contributed by atoms with E-state index in [9.17, 15) is 4.79 Å². The molecule has 2 nitrogen and oxygen atoms in total. The standard InChI is InChI=1S/C12H13NO/c1-3-11(2)9-13(10-14)12-7-5-4-6-8-12/h3-10H,1H2,2H3/b11-9-. The molecule has 0 aromatic heterocycles. The van der Waals surface area contributed by atoms with Gasteiger partial charge in [-0.3, -0.25) is 9.69 Å². The van der Waals surface area contributed by atoms with E-state index in [-0.39, 0.29) is 0 Å².